The highest BCUT2D eigenvalue weighted by molar-refractivity contribution is 5.76. The Morgan fingerprint density at radius 2 is 2.29 bits per heavy atom. The monoisotopic (exact) mass is 292 g/mol. The molecular weight excluding hydrogens is 264 g/mol. The van der Waals surface area contributed by atoms with Gasteiger partial charge in [0.05, 0.1) is 0 Å². The summed E-state index contributed by atoms with van der Waals surface area (Å²) in [6.45, 7) is 4.92. The minimum absolute atomic E-state index is 0.271. The van der Waals surface area contributed by atoms with Crippen molar-refractivity contribution in [2.75, 3.05) is 27.2 Å². The van der Waals surface area contributed by atoms with Gasteiger partial charge < -0.3 is 14.4 Å². The van der Waals surface area contributed by atoms with Crippen LogP contribution in [0.3, 0.4) is 0 Å². The van der Waals surface area contributed by atoms with Crippen LogP contribution in [-0.2, 0) is 17.8 Å². The topological polar surface area (TPSA) is 41.4 Å². The Morgan fingerprint density at radius 3 is 3.00 bits per heavy atom. The molecule has 0 spiro atoms. The summed E-state index contributed by atoms with van der Waals surface area (Å²) in [6, 6.07) is 0.504. The average Bonchev–Trinajstić information content (AvgIpc) is 2.92. The van der Waals surface area contributed by atoms with Gasteiger partial charge in [-0.1, -0.05) is 6.92 Å². The maximum absolute atomic E-state index is 12.4. The third kappa shape index (κ3) is 4.30. The number of rotatable bonds is 6. The zero-order valence-corrected chi connectivity index (χ0v) is 13.6. The first-order valence-corrected chi connectivity index (χ1v) is 8.06. The van der Waals surface area contributed by atoms with Crippen molar-refractivity contribution in [1.29, 1.82) is 0 Å². The predicted octanol–water partition coefficient (Wildman–Crippen LogP) is 1.78. The molecular formula is C16H28N4O. The third-order valence-electron chi connectivity index (χ3n) is 4.31. The van der Waals surface area contributed by atoms with Crippen molar-refractivity contribution in [3.05, 3.63) is 18.2 Å². The van der Waals surface area contributed by atoms with E-state index in [9.17, 15) is 4.79 Å². The quantitative estimate of drug-likeness (QED) is 0.802. The van der Waals surface area contributed by atoms with Crippen LogP contribution >= 0.6 is 0 Å². The predicted molar refractivity (Wildman–Crippen MR) is 84.1 cm³/mol. The van der Waals surface area contributed by atoms with Crippen LogP contribution in [-0.4, -0.2) is 58.5 Å². The number of likely N-dealkylation sites (tertiary alicyclic amines) is 1. The molecule has 0 radical (unpaired) electrons. The fourth-order valence-electron chi connectivity index (χ4n) is 2.99. The number of carbonyl (C=O) groups is 1. The van der Waals surface area contributed by atoms with Gasteiger partial charge in [-0.2, -0.15) is 0 Å². The molecule has 1 saturated heterocycles. The Hall–Kier alpha value is -1.36. The summed E-state index contributed by atoms with van der Waals surface area (Å²) in [6.07, 6.45) is 8.55. The lowest BCUT2D eigenvalue weighted by Crippen LogP contribution is -2.47. The molecule has 5 heteroatoms. The van der Waals surface area contributed by atoms with Gasteiger partial charge >= 0.3 is 0 Å². The SMILES string of the molecule is CCCn1ccnc1CCC(=O)N1CCCC(N(C)C)C1. The van der Waals surface area contributed by atoms with Crippen molar-refractivity contribution in [3.8, 4) is 0 Å². The van der Waals surface area contributed by atoms with E-state index in [0.29, 0.717) is 12.5 Å². The van der Waals surface area contributed by atoms with E-state index in [1.54, 1.807) is 0 Å². The van der Waals surface area contributed by atoms with Crippen LogP contribution in [0.4, 0.5) is 0 Å². The maximum Gasteiger partial charge on any atom is 0.223 e. The highest BCUT2D eigenvalue weighted by Crippen LogP contribution is 2.15. The Morgan fingerprint density at radius 1 is 1.48 bits per heavy atom. The summed E-state index contributed by atoms with van der Waals surface area (Å²) < 4.78 is 2.16. The van der Waals surface area contributed by atoms with Gasteiger partial charge in [-0.15, -0.1) is 0 Å². The second-order valence-electron chi connectivity index (χ2n) is 6.14. The molecule has 0 aliphatic carbocycles. The first-order valence-electron chi connectivity index (χ1n) is 8.06. The smallest absolute Gasteiger partial charge is 0.223 e. The first kappa shape index (κ1) is 16.0. The van der Waals surface area contributed by atoms with Gasteiger partial charge in [-0.3, -0.25) is 4.79 Å². The first-order chi connectivity index (χ1) is 10.1. The highest BCUT2D eigenvalue weighted by Gasteiger charge is 2.24. The van der Waals surface area contributed by atoms with Crippen molar-refractivity contribution >= 4 is 5.91 Å². The summed E-state index contributed by atoms with van der Waals surface area (Å²) in [4.78, 5) is 21.0. The molecule has 1 aliphatic rings. The van der Waals surface area contributed by atoms with E-state index in [1.165, 1.54) is 6.42 Å². The van der Waals surface area contributed by atoms with Gasteiger partial charge in [0, 0.05) is 50.9 Å². The van der Waals surface area contributed by atoms with Crippen LogP contribution < -0.4 is 0 Å². The number of hydrogen-bond donors (Lipinski definition) is 0. The van der Waals surface area contributed by atoms with Gasteiger partial charge in [0.2, 0.25) is 5.91 Å². The molecule has 0 aromatic carbocycles. The van der Waals surface area contributed by atoms with Gasteiger partial charge in [-0.05, 0) is 33.4 Å². The van der Waals surface area contributed by atoms with E-state index in [0.717, 1.165) is 44.7 Å². The fraction of sp³-hybridized carbons (Fsp3) is 0.750. The van der Waals surface area contributed by atoms with E-state index in [4.69, 9.17) is 0 Å². The standard InChI is InChI=1S/C16H28N4O/c1-4-10-19-12-9-17-15(19)7-8-16(21)20-11-5-6-14(13-20)18(2)3/h9,12,14H,4-8,10-11,13H2,1-3H3. The largest absolute Gasteiger partial charge is 0.341 e. The molecule has 1 aliphatic heterocycles. The molecule has 2 rings (SSSR count). The number of likely N-dealkylation sites (N-methyl/N-ethyl adjacent to an activating group) is 1. The summed E-state index contributed by atoms with van der Waals surface area (Å²) in [7, 11) is 4.19. The molecule has 1 unspecified atom stereocenters. The molecule has 0 bridgehead atoms. The number of aryl methyl sites for hydroxylation is 2. The molecule has 1 amide bonds. The molecule has 1 atom stereocenters. The van der Waals surface area contributed by atoms with Gasteiger partial charge in [-0.25, -0.2) is 4.98 Å². The van der Waals surface area contributed by atoms with Crippen molar-refractivity contribution < 1.29 is 4.79 Å². The molecule has 5 nitrogen and oxygen atoms in total. The molecule has 2 heterocycles. The lowest BCUT2D eigenvalue weighted by Gasteiger charge is -2.36. The number of hydrogen-bond acceptors (Lipinski definition) is 3. The van der Waals surface area contributed by atoms with Gasteiger partial charge in [0.15, 0.2) is 0 Å². The van der Waals surface area contributed by atoms with E-state index >= 15 is 0 Å². The van der Waals surface area contributed by atoms with E-state index < -0.39 is 0 Å². The summed E-state index contributed by atoms with van der Waals surface area (Å²) in [5.41, 5.74) is 0. The molecule has 0 saturated carbocycles. The van der Waals surface area contributed by atoms with Crippen LogP contribution in [0, 0.1) is 0 Å². The van der Waals surface area contributed by atoms with Crippen molar-refractivity contribution in [2.24, 2.45) is 0 Å². The second-order valence-corrected chi connectivity index (χ2v) is 6.14. The lowest BCUT2D eigenvalue weighted by molar-refractivity contribution is -0.133. The number of aromatic nitrogens is 2. The summed E-state index contributed by atoms with van der Waals surface area (Å²) in [5.74, 6) is 1.30. The normalized spacial score (nSPS) is 19.2. The molecule has 1 fully saturated rings. The van der Waals surface area contributed by atoms with Crippen LogP contribution in [0.25, 0.3) is 0 Å². The molecule has 21 heavy (non-hydrogen) atoms. The van der Waals surface area contributed by atoms with Gasteiger partial charge in [0.25, 0.3) is 0 Å². The molecule has 118 valence electrons. The summed E-state index contributed by atoms with van der Waals surface area (Å²) in [5, 5.41) is 0. The number of carbonyl (C=O) groups excluding carboxylic acids is 1. The number of nitrogens with zero attached hydrogens (tertiary/aromatic N) is 4. The van der Waals surface area contributed by atoms with Crippen molar-refractivity contribution in [3.63, 3.8) is 0 Å². The maximum atomic E-state index is 12.4. The fourth-order valence-corrected chi connectivity index (χ4v) is 2.99. The molecule has 0 N–H and O–H groups in total. The highest BCUT2D eigenvalue weighted by atomic mass is 16.2. The van der Waals surface area contributed by atoms with E-state index in [1.807, 2.05) is 17.3 Å². The van der Waals surface area contributed by atoms with Crippen LogP contribution in [0.2, 0.25) is 0 Å². The Balaban J connectivity index is 1.85. The Kier molecular flexibility index (Phi) is 5.79. The van der Waals surface area contributed by atoms with Gasteiger partial charge in [0.1, 0.15) is 5.82 Å². The zero-order valence-electron chi connectivity index (χ0n) is 13.6. The number of imidazole rings is 1. The minimum Gasteiger partial charge on any atom is -0.341 e. The van der Waals surface area contributed by atoms with Crippen LogP contribution in [0.15, 0.2) is 12.4 Å². The molecule has 1 aromatic heterocycles. The van der Waals surface area contributed by atoms with Crippen LogP contribution in [0.5, 0.6) is 0 Å². The third-order valence-corrected chi connectivity index (χ3v) is 4.31. The average molecular weight is 292 g/mol. The number of piperidine rings is 1. The van der Waals surface area contributed by atoms with Crippen molar-refractivity contribution in [2.45, 2.75) is 51.6 Å². The van der Waals surface area contributed by atoms with Crippen LogP contribution in [0.1, 0.15) is 38.4 Å². The zero-order chi connectivity index (χ0) is 15.2. The molecule has 1 aromatic rings. The second kappa shape index (κ2) is 7.59. The van der Waals surface area contributed by atoms with Crippen molar-refractivity contribution in [1.82, 2.24) is 19.4 Å². The number of amides is 1. The Labute approximate surface area is 127 Å². The van der Waals surface area contributed by atoms with E-state index in [2.05, 4.69) is 35.5 Å². The minimum atomic E-state index is 0.271. The summed E-state index contributed by atoms with van der Waals surface area (Å²) >= 11 is 0. The lowest BCUT2D eigenvalue weighted by atomic mass is 10.0. The van der Waals surface area contributed by atoms with E-state index in [-0.39, 0.29) is 5.91 Å². The Bertz CT molecular complexity index is 455.